The lowest BCUT2D eigenvalue weighted by atomic mass is 10.1. The Hall–Kier alpha value is -1.69. The summed E-state index contributed by atoms with van der Waals surface area (Å²) in [5, 5.41) is 0. The van der Waals surface area contributed by atoms with Crippen molar-refractivity contribution in [1.82, 2.24) is 9.97 Å². The van der Waals surface area contributed by atoms with Crippen LogP contribution >= 0.6 is 0 Å². The van der Waals surface area contributed by atoms with Crippen LogP contribution in [0.5, 0.6) is 0 Å². The zero-order valence-electron chi connectivity index (χ0n) is 14.8. The zero-order valence-corrected chi connectivity index (χ0v) is 14.8. The van der Waals surface area contributed by atoms with Crippen LogP contribution in [0.4, 0.5) is 0 Å². The van der Waals surface area contributed by atoms with Gasteiger partial charge in [0.1, 0.15) is 6.04 Å². The summed E-state index contributed by atoms with van der Waals surface area (Å²) in [5.41, 5.74) is 6.47. The number of rotatable bonds is 13. The first-order valence-electron chi connectivity index (χ1n) is 9.10. The summed E-state index contributed by atoms with van der Waals surface area (Å²) < 4.78 is 4.80. The number of H-pyrrole nitrogens is 1. The van der Waals surface area contributed by atoms with Crippen molar-refractivity contribution in [2.24, 2.45) is 5.73 Å². The Balaban J connectivity index is 2.01. The minimum Gasteiger partial charge on any atom is -0.392 e. The van der Waals surface area contributed by atoms with Gasteiger partial charge in [-0.1, -0.05) is 58.3 Å². The van der Waals surface area contributed by atoms with Gasteiger partial charge in [0.05, 0.1) is 6.33 Å². The van der Waals surface area contributed by atoms with Crippen molar-refractivity contribution < 1.29 is 14.3 Å². The zero-order chi connectivity index (χ0) is 17.6. The van der Waals surface area contributed by atoms with Crippen LogP contribution in [0.2, 0.25) is 0 Å². The van der Waals surface area contributed by atoms with Crippen LogP contribution in [-0.4, -0.2) is 27.9 Å². The Morgan fingerprint density at radius 3 is 2.33 bits per heavy atom. The molecule has 0 fully saturated rings. The van der Waals surface area contributed by atoms with Crippen LogP contribution in [0.25, 0.3) is 0 Å². The number of hydrogen-bond acceptors (Lipinski definition) is 5. The molecule has 1 heterocycles. The summed E-state index contributed by atoms with van der Waals surface area (Å²) >= 11 is 0. The number of unbranched alkanes of at least 4 members (excludes halogenated alkanes) is 8. The number of esters is 2. The summed E-state index contributed by atoms with van der Waals surface area (Å²) in [6.45, 7) is 2.22. The predicted octanol–water partition coefficient (Wildman–Crippen LogP) is 3.27. The Kier molecular flexibility index (Phi) is 10.8. The van der Waals surface area contributed by atoms with E-state index in [0.717, 1.165) is 25.0 Å². The molecule has 0 saturated heterocycles. The number of nitrogens with two attached hydrogens (primary N) is 1. The second kappa shape index (κ2) is 12.7. The summed E-state index contributed by atoms with van der Waals surface area (Å²) in [6, 6.07) is -0.850. The second-order valence-electron chi connectivity index (χ2n) is 6.26. The Morgan fingerprint density at radius 2 is 1.75 bits per heavy atom. The number of hydrogen-bond donors (Lipinski definition) is 2. The molecule has 6 nitrogen and oxygen atoms in total. The molecule has 0 aliphatic carbocycles. The van der Waals surface area contributed by atoms with Gasteiger partial charge in [-0.25, -0.2) is 9.78 Å². The van der Waals surface area contributed by atoms with Crippen molar-refractivity contribution in [2.75, 3.05) is 0 Å². The molecule has 0 aliphatic rings. The molecule has 0 aliphatic heterocycles. The average molecular weight is 337 g/mol. The number of aromatic amines is 1. The van der Waals surface area contributed by atoms with E-state index < -0.39 is 18.0 Å². The maximum Gasteiger partial charge on any atom is 0.330 e. The quantitative estimate of drug-likeness (QED) is 0.327. The number of carbonyl (C=O) groups excluding carboxylic acids is 2. The van der Waals surface area contributed by atoms with Gasteiger partial charge < -0.3 is 15.5 Å². The van der Waals surface area contributed by atoms with E-state index in [0.29, 0.717) is 0 Å². The molecule has 0 amide bonds. The summed E-state index contributed by atoms with van der Waals surface area (Å²) in [4.78, 5) is 30.1. The SMILES string of the molecule is CCCCCCCCCCCC(=O)OC(=O)[C@@H](N)Cc1cnc[nH]1. The highest BCUT2D eigenvalue weighted by molar-refractivity contribution is 5.88. The lowest BCUT2D eigenvalue weighted by molar-refractivity contribution is -0.160. The minimum absolute atomic E-state index is 0.276. The van der Waals surface area contributed by atoms with Gasteiger partial charge in [0.2, 0.25) is 0 Å². The van der Waals surface area contributed by atoms with Crippen molar-refractivity contribution >= 4 is 11.9 Å². The number of nitrogens with one attached hydrogen (secondary N) is 1. The third-order valence-electron chi connectivity index (χ3n) is 4.00. The van der Waals surface area contributed by atoms with E-state index in [2.05, 4.69) is 16.9 Å². The monoisotopic (exact) mass is 337 g/mol. The fourth-order valence-corrected chi connectivity index (χ4v) is 2.54. The molecule has 1 rings (SSSR count). The van der Waals surface area contributed by atoms with Crippen molar-refractivity contribution in [3.63, 3.8) is 0 Å². The maximum atomic E-state index is 11.7. The molecule has 0 radical (unpaired) electrons. The molecule has 1 aromatic heterocycles. The largest absolute Gasteiger partial charge is 0.392 e. The number of ether oxygens (including phenoxy) is 1. The molecule has 0 saturated carbocycles. The fraction of sp³-hybridized carbons (Fsp3) is 0.722. The van der Waals surface area contributed by atoms with Crippen LogP contribution in [0.15, 0.2) is 12.5 Å². The summed E-state index contributed by atoms with van der Waals surface area (Å²) in [6.07, 6.45) is 14.3. The van der Waals surface area contributed by atoms with Crippen molar-refractivity contribution in [3.8, 4) is 0 Å². The van der Waals surface area contributed by atoms with Gasteiger partial charge in [0.25, 0.3) is 0 Å². The van der Waals surface area contributed by atoms with Crippen molar-refractivity contribution in [2.45, 2.75) is 83.6 Å². The molecule has 6 heteroatoms. The highest BCUT2D eigenvalue weighted by Gasteiger charge is 2.19. The van der Waals surface area contributed by atoms with Gasteiger partial charge in [0.15, 0.2) is 0 Å². The Bertz CT molecular complexity index is 460. The number of carbonyl (C=O) groups is 2. The van der Waals surface area contributed by atoms with E-state index in [4.69, 9.17) is 10.5 Å². The highest BCUT2D eigenvalue weighted by Crippen LogP contribution is 2.11. The van der Waals surface area contributed by atoms with Gasteiger partial charge in [-0.05, 0) is 6.42 Å². The van der Waals surface area contributed by atoms with Gasteiger partial charge in [0, 0.05) is 24.7 Å². The standard InChI is InChI=1S/C18H31N3O3/c1-2-3-4-5-6-7-8-9-10-11-17(22)24-18(23)16(19)12-15-13-20-14-21-15/h13-14,16H,2-12,19H2,1H3,(H,20,21)/t16-/m0/s1. The van der Waals surface area contributed by atoms with E-state index in [1.54, 1.807) is 6.20 Å². The smallest absolute Gasteiger partial charge is 0.330 e. The molecule has 0 unspecified atom stereocenters. The van der Waals surface area contributed by atoms with Crippen LogP contribution in [0.3, 0.4) is 0 Å². The van der Waals surface area contributed by atoms with Crippen molar-refractivity contribution in [3.05, 3.63) is 18.2 Å². The molecule has 1 atom stereocenters. The fourth-order valence-electron chi connectivity index (χ4n) is 2.54. The topological polar surface area (TPSA) is 98.1 Å². The molecule has 0 spiro atoms. The van der Waals surface area contributed by atoms with Gasteiger partial charge in [-0.15, -0.1) is 0 Å². The summed E-state index contributed by atoms with van der Waals surface area (Å²) in [7, 11) is 0. The Morgan fingerprint density at radius 1 is 1.12 bits per heavy atom. The molecule has 0 bridgehead atoms. The third-order valence-corrected chi connectivity index (χ3v) is 4.00. The van der Waals surface area contributed by atoms with E-state index in [9.17, 15) is 9.59 Å². The lowest BCUT2D eigenvalue weighted by Crippen LogP contribution is -2.35. The van der Waals surface area contributed by atoms with E-state index >= 15 is 0 Å². The molecule has 3 N–H and O–H groups in total. The van der Waals surface area contributed by atoms with Gasteiger partial charge in [-0.3, -0.25) is 4.79 Å². The van der Waals surface area contributed by atoms with Gasteiger partial charge in [-0.2, -0.15) is 0 Å². The molecule has 1 aromatic rings. The maximum absolute atomic E-state index is 11.7. The highest BCUT2D eigenvalue weighted by atomic mass is 16.6. The van der Waals surface area contributed by atoms with Gasteiger partial charge >= 0.3 is 11.9 Å². The first-order chi connectivity index (χ1) is 11.6. The third kappa shape index (κ3) is 9.45. The Labute approximate surface area is 144 Å². The van der Waals surface area contributed by atoms with Crippen LogP contribution in [0.1, 0.15) is 76.8 Å². The number of nitrogens with zero attached hydrogens (tertiary/aromatic N) is 1. The summed E-state index contributed by atoms with van der Waals surface area (Å²) in [5.74, 6) is -1.16. The number of aromatic nitrogens is 2. The van der Waals surface area contributed by atoms with Crippen LogP contribution in [-0.2, 0) is 20.7 Å². The van der Waals surface area contributed by atoms with Crippen LogP contribution < -0.4 is 5.73 Å². The first-order valence-corrected chi connectivity index (χ1v) is 9.10. The normalized spacial score (nSPS) is 12.1. The first kappa shape index (κ1) is 20.4. The average Bonchev–Trinajstić information content (AvgIpc) is 3.06. The molecular weight excluding hydrogens is 306 g/mol. The molecule has 0 aromatic carbocycles. The minimum atomic E-state index is -0.850. The van der Waals surface area contributed by atoms with Crippen molar-refractivity contribution in [1.29, 1.82) is 0 Å². The predicted molar refractivity (Wildman–Crippen MR) is 93.2 cm³/mol. The molecular formula is C18H31N3O3. The second-order valence-corrected chi connectivity index (χ2v) is 6.26. The molecule has 136 valence electrons. The molecule has 24 heavy (non-hydrogen) atoms. The van der Waals surface area contributed by atoms with E-state index in [1.165, 1.54) is 44.9 Å². The number of imidazole rings is 1. The lowest BCUT2D eigenvalue weighted by Gasteiger charge is -2.09. The van der Waals surface area contributed by atoms with E-state index in [1.807, 2.05) is 0 Å². The van der Waals surface area contributed by atoms with Crippen LogP contribution in [0, 0.1) is 0 Å². The van der Waals surface area contributed by atoms with E-state index in [-0.39, 0.29) is 12.8 Å².